The average Bonchev–Trinajstić information content (AvgIpc) is 2.99. The number of carbonyl (C=O) groups excluding carboxylic acids is 3. The van der Waals surface area contributed by atoms with Gasteiger partial charge in [0.15, 0.2) is 6.29 Å². The predicted octanol–water partition coefficient (Wildman–Crippen LogP) is -3.43. The number of aliphatic hydroxyl groups excluding tert-OH is 1. The molecule has 10 heteroatoms. The minimum Gasteiger partial charge on any atom is -0.394 e. The molecular formula is C11H18N6O4. The van der Waals surface area contributed by atoms with E-state index in [4.69, 9.17) is 10.8 Å². The van der Waals surface area contributed by atoms with E-state index < -0.39 is 30.8 Å². The number of hydrogen-bond acceptors (Lipinski definition) is 8. The molecule has 10 nitrogen and oxygen atoms in total. The number of amides is 1. The van der Waals surface area contributed by atoms with Crippen LogP contribution >= 0.6 is 0 Å². The average molecular weight is 298 g/mol. The molecular weight excluding hydrogens is 280 g/mol. The molecule has 7 N–H and O–H groups in total. The van der Waals surface area contributed by atoms with Gasteiger partial charge in [-0.3, -0.25) is 9.59 Å². The Bertz CT molecular complexity index is 452. The van der Waals surface area contributed by atoms with Crippen molar-refractivity contribution < 1.29 is 19.5 Å². The van der Waals surface area contributed by atoms with Gasteiger partial charge in [-0.2, -0.15) is 0 Å². The zero-order valence-electron chi connectivity index (χ0n) is 11.2. The minimum absolute atomic E-state index is 0.235. The highest BCUT2D eigenvalue weighted by Crippen LogP contribution is 1.96. The third kappa shape index (κ3) is 5.79. The quantitative estimate of drug-likeness (QED) is 0.148. The summed E-state index contributed by atoms with van der Waals surface area (Å²) in [5.41, 5.74) is 11.2. The lowest BCUT2D eigenvalue weighted by atomic mass is 10.1. The first-order valence-corrected chi connectivity index (χ1v) is 6.16. The van der Waals surface area contributed by atoms with Crippen LogP contribution in [0.15, 0.2) is 12.5 Å². The van der Waals surface area contributed by atoms with Gasteiger partial charge in [0.05, 0.1) is 25.0 Å². The molecule has 0 fully saturated rings. The Morgan fingerprint density at radius 2 is 2.19 bits per heavy atom. The number of aliphatic hydroxyl groups is 1. The van der Waals surface area contributed by atoms with Crippen molar-refractivity contribution >= 4 is 18.5 Å². The van der Waals surface area contributed by atoms with Gasteiger partial charge in [-0.25, -0.2) is 15.8 Å². The van der Waals surface area contributed by atoms with Gasteiger partial charge in [-0.05, 0) is 0 Å². The van der Waals surface area contributed by atoms with Gasteiger partial charge in [0.2, 0.25) is 5.91 Å². The number of hydrogen-bond donors (Lipinski definition) is 6. The molecule has 1 aromatic heterocycles. The van der Waals surface area contributed by atoms with E-state index >= 15 is 0 Å². The Balaban J connectivity index is 2.42. The van der Waals surface area contributed by atoms with Crippen LogP contribution in [-0.4, -0.2) is 58.4 Å². The van der Waals surface area contributed by atoms with Crippen LogP contribution in [-0.2, 0) is 20.8 Å². The molecule has 1 aromatic rings. The monoisotopic (exact) mass is 298 g/mol. The fraction of sp³-hybridized carbons (Fsp3) is 0.455. The molecule has 21 heavy (non-hydrogen) atoms. The first-order valence-electron chi connectivity index (χ1n) is 6.16. The molecule has 116 valence electrons. The van der Waals surface area contributed by atoms with Crippen molar-refractivity contribution in [2.24, 2.45) is 5.73 Å². The second kappa shape index (κ2) is 8.92. The number of imidazole rings is 1. The molecule has 0 saturated carbocycles. The minimum atomic E-state index is -1.08. The number of aromatic amines is 1. The fourth-order valence-electron chi connectivity index (χ4n) is 1.41. The van der Waals surface area contributed by atoms with Gasteiger partial charge in [0, 0.05) is 18.3 Å². The van der Waals surface area contributed by atoms with E-state index in [2.05, 4.69) is 26.1 Å². The zero-order chi connectivity index (χ0) is 15.7. The predicted molar refractivity (Wildman–Crippen MR) is 71.5 cm³/mol. The third-order valence-electron chi connectivity index (χ3n) is 2.55. The smallest absolute Gasteiger partial charge is 0.238 e. The SMILES string of the molecule is NC(Cc1cnc[nH]1)C(=O)NC(C=O)NNC(C=O)CO. The largest absolute Gasteiger partial charge is 0.394 e. The molecule has 0 aromatic carbocycles. The molecule has 3 unspecified atom stereocenters. The summed E-state index contributed by atoms with van der Waals surface area (Å²) in [5, 5.41) is 11.1. The number of carbonyl (C=O) groups is 3. The Morgan fingerprint density at radius 1 is 1.43 bits per heavy atom. The Morgan fingerprint density at radius 3 is 2.71 bits per heavy atom. The highest BCUT2D eigenvalue weighted by atomic mass is 16.3. The molecule has 0 spiro atoms. The fourth-order valence-corrected chi connectivity index (χ4v) is 1.41. The highest BCUT2D eigenvalue weighted by Gasteiger charge is 2.19. The molecule has 0 radical (unpaired) electrons. The first-order chi connectivity index (χ1) is 10.1. The van der Waals surface area contributed by atoms with Gasteiger partial charge in [0.1, 0.15) is 12.5 Å². The molecule has 0 saturated heterocycles. The summed E-state index contributed by atoms with van der Waals surface area (Å²) in [7, 11) is 0. The second-order valence-corrected chi connectivity index (χ2v) is 4.22. The second-order valence-electron chi connectivity index (χ2n) is 4.22. The Labute approximate surface area is 120 Å². The maximum Gasteiger partial charge on any atom is 0.238 e. The number of hydrazine groups is 1. The standard InChI is InChI=1S/C11H18N6O4/c12-9(1-7-2-13-6-14-7)11(21)15-10(5-20)17-16-8(3-18)4-19/h2-3,5-6,8-10,16-17,19H,1,4,12H2,(H,13,14)(H,15,21). The van der Waals surface area contributed by atoms with Crippen molar-refractivity contribution in [1.29, 1.82) is 0 Å². The summed E-state index contributed by atoms with van der Waals surface area (Å²) < 4.78 is 0. The zero-order valence-corrected chi connectivity index (χ0v) is 11.2. The van der Waals surface area contributed by atoms with Crippen LogP contribution in [0.25, 0.3) is 0 Å². The van der Waals surface area contributed by atoms with Crippen molar-refractivity contribution in [2.75, 3.05) is 6.61 Å². The first kappa shape index (κ1) is 16.9. The van der Waals surface area contributed by atoms with Gasteiger partial charge >= 0.3 is 0 Å². The van der Waals surface area contributed by atoms with Gasteiger partial charge in [-0.1, -0.05) is 0 Å². The molecule has 0 aliphatic carbocycles. The maximum absolute atomic E-state index is 11.8. The molecule has 3 atom stereocenters. The van der Waals surface area contributed by atoms with Crippen molar-refractivity contribution in [3.05, 3.63) is 18.2 Å². The summed E-state index contributed by atoms with van der Waals surface area (Å²) in [4.78, 5) is 39.7. The number of nitrogens with one attached hydrogen (secondary N) is 4. The molecule has 0 aliphatic rings. The number of rotatable bonds is 10. The van der Waals surface area contributed by atoms with Crippen LogP contribution in [0.3, 0.4) is 0 Å². The van der Waals surface area contributed by atoms with Crippen LogP contribution in [0.5, 0.6) is 0 Å². The van der Waals surface area contributed by atoms with Crippen LogP contribution < -0.4 is 21.9 Å². The Hall–Kier alpha value is -2.14. The summed E-state index contributed by atoms with van der Waals surface area (Å²) >= 11 is 0. The van der Waals surface area contributed by atoms with Gasteiger partial charge in [-0.15, -0.1) is 0 Å². The van der Waals surface area contributed by atoms with E-state index in [9.17, 15) is 14.4 Å². The normalized spacial score (nSPS) is 15.0. The van der Waals surface area contributed by atoms with E-state index in [1.807, 2.05) is 0 Å². The lowest BCUT2D eigenvalue weighted by Crippen LogP contribution is -2.58. The summed E-state index contributed by atoms with van der Waals surface area (Å²) in [5.74, 6) is -0.553. The summed E-state index contributed by atoms with van der Waals surface area (Å²) in [6.45, 7) is -0.449. The summed E-state index contributed by atoms with van der Waals surface area (Å²) in [6, 6.07) is -1.75. The van der Waals surface area contributed by atoms with Crippen molar-refractivity contribution in [1.82, 2.24) is 26.1 Å². The van der Waals surface area contributed by atoms with E-state index in [1.165, 1.54) is 6.33 Å². The van der Waals surface area contributed by atoms with Gasteiger partial charge in [0.25, 0.3) is 0 Å². The number of nitrogens with two attached hydrogens (primary N) is 1. The van der Waals surface area contributed by atoms with Crippen molar-refractivity contribution in [3.8, 4) is 0 Å². The molecule has 0 bridgehead atoms. The highest BCUT2D eigenvalue weighted by molar-refractivity contribution is 5.84. The Kier molecular flexibility index (Phi) is 7.18. The summed E-state index contributed by atoms with van der Waals surface area (Å²) in [6.07, 6.45) is 3.04. The molecule has 1 heterocycles. The van der Waals surface area contributed by atoms with E-state index in [0.29, 0.717) is 18.3 Å². The number of aromatic nitrogens is 2. The number of aldehydes is 2. The van der Waals surface area contributed by atoms with Crippen LogP contribution in [0.2, 0.25) is 0 Å². The van der Waals surface area contributed by atoms with E-state index in [-0.39, 0.29) is 6.42 Å². The third-order valence-corrected chi connectivity index (χ3v) is 2.55. The molecule has 1 amide bonds. The molecule has 1 rings (SSSR count). The van der Waals surface area contributed by atoms with E-state index in [0.717, 1.165) is 0 Å². The lowest BCUT2D eigenvalue weighted by Gasteiger charge is -2.19. The molecule has 0 aliphatic heterocycles. The van der Waals surface area contributed by atoms with Crippen LogP contribution in [0.4, 0.5) is 0 Å². The van der Waals surface area contributed by atoms with Crippen LogP contribution in [0.1, 0.15) is 5.69 Å². The topological polar surface area (TPSA) is 162 Å². The van der Waals surface area contributed by atoms with Crippen molar-refractivity contribution in [2.45, 2.75) is 24.7 Å². The number of nitrogens with zero attached hydrogens (tertiary/aromatic N) is 1. The van der Waals surface area contributed by atoms with Crippen LogP contribution in [0, 0.1) is 0 Å². The lowest BCUT2D eigenvalue weighted by molar-refractivity contribution is -0.125. The number of H-pyrrole nitrogens is 1. The van der Waals surface area contributed by atoms with Gasteiger partial charge < -0.3 is 25.9 Å². The van der Waals surface area contributed by atoms with Crippen molar-refractivity contribution in [3.63, 3.8) is 0 Å². The maximum atomic E-state index is 11.8. The van der Waals surface area contributed by atoms with E-state index in [1.54, 1.807) is 6.20 Å².